The molecule has 0 aliphatic heterocycles. The fourth-order valence-corrected chi connectivity index (χ4v) is 1.06. The van der Waals surface area contributed by atoms with E-state index in [1.165, 1.54) is 6.42 Å². The molecule has 12 heavy (non-hydrogen) atoms. The number of hydrogen-bond acceptors (Lipinski definition) is 0. The van der Waals surface area contributed by atoms with Gasteiger partial charge in [-0.1, -0.05) is 6.92 Å². The molecule has 0 amide bonds. The Morgan fingerprint density at radius 3 is 2.83 bits per heavy atom. The summed E-state index contributed by atoms with van der Waals surface area (Å²) in [6, 6.07) is 0. The van der Waals surface area contributed by atoms with Crippen molar-refractivity contribution in [2.75, 3.05) is 0 Å². The molecule has 1 heterocycles. The molecular weight excluding hydrogens is 216 g/mol. The van der Waals surface area contributed by atoms with Crippen LogP contribution in [0.5, 0.6) is 0 Å². The Labute approximate surface area is 84.3 Å². The smallest absolute Gasteiger partial charge is 0.248 e. The lowest BCUT2D eigenvalue weighted by molar-refractivity contribution is -0.696. The van der Waals surface area contributed by atoms with Gasteiger partial charge < -0.3 is 17.0 Å². The first-order valence-corrected chi connectivity index (χ1v) is 4.06. The molecule has 0 aromatic carbocycles. The van der Waals surface area contributed by atoms with Crippen LogP contribution in [0.15, 0.2) is 24.8 Å². The third kappa shape index (κ3) is 3.22. The highest BCUT2D eigenvalue weighted by Gasteiger charge is 1.97. The summed E-state index contributed by atoms with van der Waals surface area (Å²) in [4.78, 5) is 0. The van der Waals surface area contributed by atoms with Gasteiger partial charge in [0, 0.05) is 0 Å². The summed E-state index contributed by atoms with van der Waals surface area (Å²) in [5.74, 6) is 0. The van der Waals surface area contributed by atoms with E-state index in [9.17, 15) is 0 Å². The third-order valence-electron chi connectivity index (χ3n) is 1.51. The number of hydrogen-bond donors (Lipinski definition) is 0. The standard InChI is InChI=1S/C9H15N2.BrH/c1-3-5-10-7-8-11(9-10)6-4-2;/h3,5,7-9H,4,6H2,1-2H3;1H/q+1;/p-1. The molecule has 0 fully saturated rings. The minimum Gasteiger partial charge on any atom is -1.00 e. The van der Waals surface area contributed by atoms with Crippen LogP contribution in [-0.4, -0.2) is 4.57 Å². The van der Waals surface area contributed by atoms with Crippen molar-refractivity contribution in [1.82, 2.24) is 4.57 Å². The molecule has 0 bridgehead atoms. The highest BCUT2D eigenvalue weighted by Crippen LogP contribution is 1.86. The second-order valence-electron chi connectivity index (χ2n) is 2.58. The van der Waals surface area contributed by atoms with Crippen LogP contribution in [-0.2, 0) is 6.54 Å². The van der Waals surface area contributed by atoms with Gasteiger partial charge in [-0.2, -0.15) is 0 Å². The lowest BCUT2D eigenvalue weighted by Crippen LogP contribution is -3.00. The minimum atomic E-state index is 0. The third-order valence-corrected chi connectivity index (χ3v) is 1.51. The van der Waals surface area contributed by atoms with Crippen molar-refractivity contribution in [2.24, 2.45) is 0 Å². The molecule has 1 aromatic rings. The largest absolute Gasteiger partial charge is 1.00 e. The average Bonchev–Trinajstić information content (AvgIpc) is 2.38. The van der Waals surface area contributed by atoms with Gasteiger partial charge in [0.15, 0.2) is 0 Å². The Bertz CT molecular complexity index is 240. The Hall–Kier alpha value is -0.570. The predicted molar refractivity (Wildman–Crippen MR) is 45.9 cm³/mol. The molecule has 2 nitrogen and oxygen atoms in total. The molecule has 3 heteroatoms. The van der Waals surface area contributed by atoms with Crippen LogP contribution in [0.1, 0.15) is 20.3 Å². The topological polar surface area (TPSA) is 8.81 Å². The van der Waals surface area contributed by atoms with Crippen LogP contribution in [0.2, 0.25) is 0 Å². The van der Waals surface area contributed by atoms with Gasteiger partial charge in [-0.15, -0.1) is 0 Å². The van der Waals surface area contributed by atoms with E-state index in [2.05, 4.69) is 34.8 Å². The normalized spacial score (nSPS) is 10.2. The van der Waals surface area contributed by atoms with E-state index in [-0.39, 0.29) is 17.0 Å². The number of allylic oxidation sites excluding steroid dienone is 1. The van der Waals surface area contributed by atoms with Gasteiger partial charge in [0.1, 0.15) is 12.4 Å². The summed E-state index contributed by atoms with van der Waals surface area (Å²) >= 11 is 0. The van der Waals surface area contributed by atoms with Gasteiger partial charge in [0.05, 0.1) is 12.7 Å². The van der Waals surface area contributed by atoms with E-state index in [0.29, 0.717) is 0 Å². The van der Waals surface area contributed by atoms with E-state index >= 15 is 0 Å². The lowest BCUT2D eigenvalue weighted by atomic mass is 10.5. The zero-order valence-electron chi connectivity index (χ0n) is 7.57. The molecule has 0 aliphatic carbocycles. The first-order chi connectivity index (χ1) is 5.36. The van der Waals surface area contributed by atoms with Crippen LogP contribution >= 0.6 is 0 Å². The fourth-order valence-electron chi connectivity index (χ4n) is 1.06. The summed E-state index contributed by atoms with van der Waals surface area (Å²) in [6.07, 6.45) is 11.5. The van der Waals surface area contributed by atoms with Crippen LogP contribution in [0, 0.1) is 0 Å². The van der Waals surface area contributed by atoms with Crippen molar-refractivity contribution in [2.45, 2.75) is 26.8 Å². The Kier molecular flexibility index (Phi) is 5.72. The Morgan fingerprint density at radius 1 is 1.50 bits per heavy atom. The van der Waals surface area contributed by atoms with Gasteiger partial charge >= 0.3 is 0 Å². The second kappa shape index (κ2) is 6.00. The van der Waals surface area contributed by atoms with E-state index < -0.39 is 0 Å². The maximum atomic E-state index is 2.18. The number of halogens is 1. The summed E-state index contributed by atoms with van der Waals surface area (Å²) < 4.78 is 4.23. The van der Waals surface area contributed by atoms with Crippen LogP contribution in [0.4, 0.5) is 0 Å². The van der Waals surface area contributed by atoms with Crippen molar-refractivity contribution in [3.63, 3.8) is 0 Å². The monoisotopic (exact) mass is 230 g/mol. The summed E-state index contributed by atoms with van der Waals surface area (Å²) in [5.41, 5.74) is 0. The predicted octanol–water partition coefficient (Wildman–Crippen LogP) is -1.32. The number of nitrogens with zero attached hydrogens (tertiary/aromatic N) is 2. The fraction of sp³-hybridized carbons (Fsp3) is 0.444. The van der Waals surface area contributed by atoms with E-state index in [1.54, 1.807) is 0 Å². The number of imidazole rings is 1. The van der Waals surface area contributed by atoms with Gasteiger partial charge in [0.25, 0.3) is 0 Å². The van der Waals surface area contributed by atoms with Crippen molar-refractivity contribution < 1.29 is 21.5 Å². The molecule has 0 atom stereocenters. The SMILES string of the molecule is CC=Cn1cc[n+](CCC)c1.[Br-]. The number of aromatic nitrogens is 2. The summed E-state index contributed by atoms with van der Waals surface area (Å²) in [5, 5.41) is 0. The maximum Gasteiger partial charge on any atom is 0.248 e. The van der Waals surface area contributed by atoms with Crippen molar-refractivity contribution in [3.05, 3.63) is 24.8 Å². The lowest BCUT2D eigenvalue weighted by Gasteiger charge is -1.87. The first kappa shape index (κ1) is 11.4. The summed E-state index contributed by atoms with van der Waals surface area (Å²) in [6.45, 7) is 5.30. The van der Waals surface area contributed by atoms with Crippen molar-refractivity contribution in [3.8, 4) is 0 Å². The molecule has 0 radical (unpaired) electrons. The van der Waals surface area contributed by atoms with E-state index in [0.717, 1.165) is 6.54 Å². The van der Waals surface area contributed by atoms with E-state index in [4.69, 9.17) is 0 Å². The number of rotatable bonds is 3. The van der Waals surface area contributed by atoms with Gasteiger partial charge in [0.2, 0.25) is 6.33 Å². The Balaban J connectivity index is 0.00000121. The molecule has 0 saturated heterocycles. The van der Waals surface area contributed by atoms with Crippen molar-refractivity contribution >= 4 is 6.20 Å². The quantitative estimate of drug-likeness (QED) is 0.571. The first-order valence-electron chi connectivity index (χ1n) is 4.06. The summed E-state index contributed by atoms with van der Waals surface area (Å²) in [7, 11) is 0. The molecule has 68 valence electrons. The highest BCUT2D eigenvalue weighted by atomic mass is 79.9. The highest BCUT2D eigenvalue weighted by molar-refractivity contribution is 5.18. The van der Waals surface area contributed by atoms with Crippen molar-refractivity contribution in [1.29, 1.82) is 0 Å². The van der Waals surface area contributed by atoms with Gasteiger partial charge in [-0.25, -0.2) is 9.13 Å². The molecule has 0 N–H and O–H groups in total. The van der Waals surface area contributed by atoms with E-state index in [1.807, 2.05) is 19.2 Å². The van der Waals surface area contributed by atoms with Crippen LogP contribution in [0.25, 0.3) is 6.20 Å². The molecule has 1 rings (SSSR count). The van der Waals surface area contributed by atoms with Gasteiger partial charge in [-0.3, -0.25) is 0 Å². The zero-order valence-corrected chi connectivity index (χ0v) is 9.16. The minimum absolute atomic E-state index is 0. The average molecular weight is 231 g/mol. The van der Waals surface area contributed by atoms with Crippen LogP contribution in [0.3, 0.4) is 0 Å². The van der Waals surface area contributed by atoms with Crippen LogP contribution < -0.4 is 21.5 Å². The molecule has 0 aliphatic rings. The Morgan fingerprint density at radius 2 is 2.25 bits per heavy atom. The number of aryl methyl sites for hydroxylation is 1. The second-order valence-corrected chi connectivity index (χ2v) is 2.58. The molecule has 0 saturated carbocycles. The molecule has 0 spiro atoms. The maximum absolute atomic E-state index is 2.18. The molecule has 0 unspecified atom stereocenters. The molecular formula is C9H15BrN2. The molecule has 1 aromatic heterocycles. The van der Waals surface area contributed by atoms with Gasteiger partial charge in [-0.05, 0) is 19.4 Å². The zero-order chi connectivity index (χ0) is 8.10.